The van der Waals surface area contributed by atoms with E-state index in [9.17, 15) is 9.59 Å². The number of anilines is 2. The van der Waals surface area contributed by atoms with Crippen LogP contribution in [0.25, 0.3) is 0 Å². The van der Waals surface area contributed by atoms with E-state index in [-0.39, 0.29) is 25.0 Å². The third-order valence-electron chi connectivity index (χ3n) is 4.37. The van der Waals surface area contributed by atoms with Crippen LogP contribution >= 0.6 is 0 Å². The Labute approximate surface area is 164 Å². The zero-order valence-electron chi connectivity index (χ0n) is 16.0. The van der Waals surface area contributed by atoms with Crippen molar-refractivity contribution in [2.24, 2.45) is 0 Å². The Hall–Kier alpha value is -3.09. The number of hydrogen-bond acceptors (Lipinski definition) is 5. The van der Waals surface area contributed by atoms with Crippen molar-refractivity contribution in [1.82, 2.24) is 4.98 Å². The number of benzene rings is 1. The fraction of sp³-hybridized carbons (Fsp3) is 0.381. The molecule has 0 saturated carbocycles. The summed E-state index contributed by atoms with van der Waals surface area (Å²) in [6.45, 7) is 2.65. The highest BCUT2D eigenvalue weighted by atomic mass is 16.5. The van der Waals surface area contributed by atoms with Gasteiger partial charge in [-0.1, -0.05) is 26.2 Å². The molecule has 0 bridgehead atoms. The lowest BCUT2D eigenvalue weighted by Gasteiger charge is -2.27. The minimum absolute atomic E-state index is 0.101. The van der Waals surface area contributed by atoms with Crippen molar-refractivity contribution in [3.8, 4) is 11.5 Å². The van der Waals surface area contributed by atoms with Crippen molar-refractivity contribution in [1.29, 1.82) is 0 Å². The molecule has 1 N–H and O–H groups in total. The van der Waals surface area contributed by atoms with Crippen LogP contribution in [0.3, 0.4) is 0 Å². The molecule has 1 aliphatic heterocycles. The molecule has 1 aromatic carbocycles. The zero-order valence-corrected chi connectivity index (χ0v) is 16.0. The van der Waals surface area contributed by atoms with Crippen LogP contribution in [-0.2, 0) is 9.59 Å². The number of hydrogen-bond donors (Lipinski definition) is 1. The number of ether oxygens (including phenoxy) is 2. The van der Waals surface area contributed by atoms with Gasteiger partial charge in [0.15, 0.2) is 18.2 Å². The Morgan fingerprint density at radius 1 is 1.21 bits per heavy atom. The average molecular weight is 383 g/mol. The molecule has 1 aromatic heterocycles. The molecule has 0 atom stereocenters. The maximum absolute atomic E-state index is 12.4. The summed E-state index contributed by atoms with van der Waals surface area (Å²) in [5, 5.41) is 2.79. The molecule has 0 spiro atoms. The van der Waals surface area contributed by atoms with Gasteiger partial charge in [0.05, 0.1) is 6.61 Å². The van der Waals surface area contributed by atoms with E-state index in [1.54, 1.807) is 30.5 Å². The summed E-state index contributed by atoms with van der Waals surface area (Å²) in [5.74, 6) is 1.03. The number of aromatic nitrogens is 1. The Balaban J connectivity index is 1.52. The molecule has 2 amide bonds. The summed E-state index contributed by atoms with van der Waals surface area (Å²) in [6, 6.07) is 10.7. The molecule has 1 aliphatic rings. The van der Waals surface area contributed by atoms with Gasteiger partial charge in [-0.3, -0.25) is 14.5 Å². The van der Waals surface area contributed by atoms with Gasteiger partial charge in [-0.2, -0.15) is 0 Å². The highest BCUT2D eigenvalue weighted by Crippen LogP contribution is 2.28. The minimum atomic E-state index is -0.305. The minimum Gasteiger partial charge on any atom is -0.494 e. The van der Waals surface area contributed by atoms with E-state index < -0.39 is 0 Å². The van der Waals surface area contributed by atoms with Crippen LogP contribution in [0.4, 0.5) is 11.5 Å². The standard InChI is InChI=1S/C21H25N3O4/c1-2-3-4-5-13-27-17-10-8-16(9-11-17)23-19(25)14-24-20(26)15-28-18-7-6-12-22-21(18)24/h6-12H,2-5,13-15H2,1H3,(H,23,25). The molecule has 0 fully saturated rings. The lowest BCUT2D eigenvalue weighted by atomic mass is 10.2. The topological polar surface area (TPSA) is 80.8 Å². The normalized spacial score (nSPS) is 12.9. The van der Waals surface area contributed by atoms with Gasteiger partial charge >= 0.3 is 0 Å². The van der Waals surface area contributed by atoms with Crippen molar-refractivity contribution < 1.29 is 19.1 Å². The first-order valence-electron chi connectivity index (χ1n) is 9.58. The van der Waals surface area contributed by atoms with Gasteiger partial charge in [-0.05, 0) is 42.8 Å². The fourth-order valence-corrected chi connectivity index (χ4v) is 2.89. The third-order valence-corrected chi connectivity index (χ3v) is 4.37. The first-order chi connectivity index (χ1) is 13.7. The van der Waals surface area contributed by atoms with Crippen molar-refractivity contribution >= 4 is 23.3 Å². The molecule has 3 rings (SSSR count). The second-order valence-corrected chi connectivity index (χ2v) is 6.58. The number of fused-ring (bicyclic) bond motifs is 1. The van der Waals surface area contributed by atoms with Crippen molar-refractivity contribution in [3.63, 3.8) is 0 Å². The highest BCUT2D eigenvalue weighted by molar-refractivity contribution is 6.04. The molecule has 7 nitrogen and oxygen atoms in total. The molecule has 0 unspecified atom stereocenters. The average Bonchev–Trinajstić information content (AvgIpc) is 2.71. The van der Waals surface area contributed by atoms with Crippen LogP contribution < -0.4 is 19.7 Å². The van der Waals surface area contributed by atoms with Gasteiger partial charge in [0.25, 0.3) is 5.91 Å². The number of carbonyl (C=O) groups is 2. The van der Waals surface area contributed by atoms with Crippen molar-refractivity contribution in [3.05, 3.63) is 42.6 Å². The zero-order chi connectivity index (χ0) is 19.8. The van der Waals surface area contributed by atoms with Crippen LogP contribution in [0.2, 0.25) is 0 Å². The molecule has 148 valence electrons. The predicted octanol–water partition coefficient (Wildman–Crippen LogP) is 3.40. The summed E-state index contributed by atoms with van der Waals surface area (Å²) in [7, 11) is 0. The smallest absolute Gasteiger partial charge is 0.266 e. The summed E-state index contributed by atoms with van der Waals surface area (Å²) in [6.07, 6.45) is 6.19. The van der Waals surface area contributed by atoms with Gasteiger partial charge in [-0.25, -0.2) is 4.98 Å². The van der Waals surface area contributed by atoms with Gasteiger partial charge in [0.2, 0.25) is 5.91 Å². The van der Waals surface area contributed by atoms with E-state index in [0.717, 1.165) is 12.2 Å². The number of carbonyl (C=O) groups excluding carboxylic acids is 2. The van der Waals surface area contributed by atoms with E-state index >= 15 is 0 Å². The van der Waals surface area contributed by atoms with Gasteiger partial charge < -0.3 is 14.8 Å². The van der Waals surface area contributed by atoms with Crippen LogP contribution in [0, 0.1) is 0 Å². The Bertz CT molecular complexity index is 808. The van der Waals surface area contributed by atoms with E-state index in [2.05, 4.69) is 17.2 Å². The molecule has 28 heavy (non-hydrogen) atoms. The van der Waals surface area contributed by atoms with Crippen LogP contribution in [0.1, 0.15) is 32.6 Å². The monoisotopic (exact) mass is 383 g/mol. The Kier molecular flexibility index (Phi) is 6.84. The van der Waals surface area contributed by atoms with Crippen molar-refractivity contribution in [2.75, 3.05) is 30.0 Å². The first-order valence-corrected chi connectivity index (χ1v) is 9.58. The predicted molar refractivity (Wildman–Crippen MR) is 107 cm³/mol. The molecule has 0 saturated heterocycles. The lowest BCUT2D eigenvalue weighted by Crippen LogP contribution is -2.43. The summed E-state index contributed by atoms with van der Waals surface area (Å²) >= 11 is 0. The SMILES string of the molecule is CCCCCCOc1ccc(NC(=O)CN2C(=O)COc3cccnc32)cc1. The maximum atomic E-state index is 12.4. The summed E-state index contributed by atoms with van der Waals surface area (Å²) in [4.78, 5) is 30.0. The van der Waals surface area contributed by atoms with Gasteiger partial charge in [0.1, 0.15) is 12.3 Å². The first kappa shape index (κ1) is 19.7. The number of pyridine rings is 1. The highest BCUT2D eigenvalue weighted by Gasteiger charge is 2.28. The Morgan fingerprint density at radius 2 is 2.04 bits per heavy atom. The quantitative estimate of drug-likeness (QED) is 0.671. The van der Waals surface area contributed by atoms with Crippen LogP contribution in [0.5, 0.6) is 11.5 Å². The number of amides is 2. The van der Waals surface area contributed by atoms with E-state index in [4.69, 9.17) is 9.47 Å². The van der Waals surface area contributed by atoms with Crippen molar-refractivity contribution in [2.45, 2.75) is 32.6 Å². The number of nitrogens with one attached hydrogen (secondary N) is 1. The number of unbranched alkanes of at least 4 members (excludes halogenated alkanes) is 3. The molecule has 7 heteroatoms. The number of rotatable bonds is 9. The van der Waals surface area contributed by atoms with Gasteiger partial charge in [-0.15, -0.1) is 0 Å². The summed E-state index contributed by atoms with van der Waals surface area (Å²) < 4.78 is 11.0. The molecule has 0 radical (unpaired) electrons. The second-order valence-electron chi connectivity index (χ2n) is 6.58. The van der Waals surface area contributed by atoms with Crippen LogP contribution in [0.15, 0.2) is 42.6 Å². The summed E-state index contributed by atoms with van der Waals surface area (Å²) in [5.41, 5.74) is 0.644. The van der Waals surface area contributed by atoms with E-state index in [0.29, 0.717) is 23.9 Å². The molecule has 2 aromatic rings. The van der Waals surface area contributed by atoms with Crippen LogP contribution in [-0.4, -0.2) is 36.6 Å². The number of nitrogens with zero attached hydrogens (tertiary/aromatic N) is 2. The Morgan fingerprint density at radius 3 is 2.82 bits per heavy atom. The largest absolute Gasteiger partial charge is 0.494 e. The second kappa shape index (κ2) is 9.73. The van der Waals surface area contributed by atoms with Gasteiger partial charge in [0, 0.05) is 11.9 Å². The molecule has 0 aliphatic carbocycles. The fourth-order valence-electron chi connectivity index (χ4n) is 2.89. The third kappa shape index (κ3) is 5.22. The van der Waals surface area contributed by atoms with E-state index in [1.807, 2.05) is 12.1 Å². The maximum Gasteiger partial charge on any atom is 0.266 e. The molecular weight excluding hydrogens is 358 g/mol. The lowest BCUT2D eigenvalue weighted by molar-refractivity contribution is -0.123. The van der Waals surface area contributed by atoms with E-state index in [1.165, 1.54) is 24.2 Å². The molecule has 2 heterocycles. The molecular formula is C21H25N3O4.